The van der Waals surface area contributed by atoms with Crippen LogP contribution in [0.3, 0.4) is 0 Å². The number of rotatable bonds is 6. The van der Waals surface area contributed by atoms with Crippen molar-refractivity contribution in [1.29, 1.82) is 0 Å². The summed E-state index contributed by atoms with van der Waals surface area (Å²) in [5.74, 6) is 1.29. The molecule has 1 N–H and O–H groups in total. The second-order valence-corrected chi connectivity index (χ2v) is 5.02. The highest BCUT2D eigenvalue weighted by molar-refractivity contribution is 5.77. The summed E-state index contributed by atoms with van der Waals surface area (Å²) in [5.41, 5.74) is 1.23. The second-order valence-electron chi connectivity index (χ2n) is 5.02. The number of hydrogen-bond acceptors (Lipinski definition) is 3. The van der Waals surface area contributed by atoms with Gasteiger partial charge in [-0.3, -0.25) is 4.79 Å². The minimum absolute atomic E-state index is 0.0915. The second kappa shape index (κ2) is 7.14. The van der Waals surface area contributed by atoms with Gasteiger partial charge in [0.15, 0.2) is 0 Å². The molecule has 1 rings (SSSR count). The summed E-state index contributed by atoms with van der Waals surface area (Å²) in [7, 11) is 5.19. The maximum Gasteiger partial charge on any atom is 0.236 e. The van der Waals surface area contributed by atoms with Crippen LogP contribution in [0.1, 0.15) is 25.3 Å². The Bertz CT molecular complexity index is 401. The van der Waals surface area contributed by atoms with E-state index in [0.717, 1.165) is 5.75 Å². The van der Waals surface area contributed by atoms with E-state index >= 15 is 0 Å². The van der Waals surface area contributed by atoms with E-state index in [4.69, 9.17) is 4.74 Å². The van der Waals surface area contributed by atoms with Crippen LogP contribution in [0.15, 0.2) is 24.3 Å². The molecule has 0 radical (unpaired) electrons. The van der Waals surface area contributed by atoms with Gasteiger partial charge in [0.1, 0.15) is 5.75 Å². The summed E-state index contributed by atoms with van der Waals surface area (Å²) in [4.78, 5) is 13.1. The highest BCUT2D eigenvalue weighted by atomic mass is 16.5. The molecule has 106 valence electrons. The molecular weight excluding hydrogens is 240 g/mol. The highest BCUT2D eigenvalue weighted by Crippen LogP contribution is 2.21. The monoisotopic (exact) mass is 264 g/mol. The van der Waals surface area contributed by atoms with Gasteiger partial charge in [-0.2, -0.15) is 0 Å². The van der Waals surface area contributed by atoms with Gasteiger partial charge >= 0.3 is 0 Å². The molecule has 0 saturated heterocycles. The molecule has 0 spiro atoms. The van der Waals surface area contributed by atoms with Gasteiger partial charge < -0.3 is 15.0 Å². The Morgan fingerprint density at radius 1 is 1.26 bits per heavy atom. The first-order valence-electron chi connectivity index (χ1n) is 6.53. The van der Waals surface area contributed by atoms with Gasteiger partial charge in [-0.25, -0.2) is 0 Å². The predicted octanol–water partition coefficient (Wildman–Crippen LogP) is 1.86. The average molecular weight is 264 g/mol. The van der Waals surface area contributed by atoms with E-state index in [9.17, 15) is 4.79 Å². The minimum Gasteiger partial charge on any atom is -0.497 e. The summed E-state index contributed by atoms with van der Waals surface area (Å²) < 4.78 is 5.15. The lowest BCUT2D eigenvalue weighted by Gasteiger charge is -2.22. The molecule has 0 aliphatic rings. The van der Waals surface area contributed by atoms with Crippen molar-refractivity contribution in [2.24, 2.45) is 0 Å². The SMILES string of the molecule is COc1ccc([C@@H](C)[C@@H](C)NCC(=O)N(C)C)cc1. The minimum atomic E-state index is 0.0915. The van der Waals surface area contributed by atoms with E-state index in [2.05, 4.69) is 31.3 Å². The Morgan fingerprint density at radius 2 is 1.84 bits per heavy atom. The number of carbonyl (C=O) groups excluding carboxylic acids is 1. The van der Waals surface area contributed by atoms with Gasteiger partial charge in [-0.05, 0) is 30.5 Å². The number of hydrogen-bond donors (Lipinski definition) is 1. The number of methoxy groups -OCH3 is 1. The van der Waals surface area contributed by atoms with Crippen LogP contribution in [0.5, 0.6) is 5.75 Å². The molecule has 4 heteroatoms. The van der Waals surface area contributed by atoms with Crippen molar-refractivity contribution in [2.45, 2.75) is 25.8 Å². The normalized spacial score (nSPS) is 13.7. The van der Waals surface area contributed by atoms with Crippen molar-refractivity contribution in [1.82, 2.24) is 10.2 Å². The number of likely N-dealkylation sites (N-methyl/N-ethyl adjacent to an activating group) is 1. The summed E-state index contributed by atoms with van der Waals surface area (Å²) >= 11 is 0. The zero-order chi connectivity index (χ0) is 14.4. The van der Waals surface area contributed by atoms with Crippen molar-refractivity contribution in [3.63, 3.8) is 0 Å². The molecule has 2 atom stereocenters. The van der Waals surface area contributed by atoms with Crippen LogP contribution in [0, 0.1) is 0 Å². The summed E-state index contributed by atoms with van der Waals surface area (Å²) in [6.45, 7) is 4.62. The zero-order valence-corrected chi connectivity index (χ0v) is 12.4. The molecule has 1 amide bonds. The number of ether oxygens (including phenoxy) is 1. The van der Waals surface area contributed by atoms with Crippen LogP contribution in [-0.2, 0) is 4.79 Å². The van der Waals surface area contributed by atoms with Crippen LogP contribution in [0.2, 0.25) is 0 Å². The van der Waals surface area contributed by atoms with Gasteiger partial charge in [0.25, 0.3) is 0 Å². The van der Waals surface area contributed by atoms with E-state index in [1.807, 2.05) is 12.1 Å². The molecule has 1 aromatic rings. The zero-order valence-electron chi connectivity index (χ0n) is 12.4. The first-order valence-corrected chi connectivity index (χ1v) is 6.53. The van der Waals surface area contributed by atoms with Crippen molar-refractivity contribution in [3.05, 3.63) is 29.8 Å². The quantitative estimate of drug-likeness (QED) is 0.853. The Kier molecular flexibility index (Phi) is 5.83. The number of benzene rings is 1. The maximum absolute atomic E-state index is 11.5. The van der Waals surface area contributed by atoms with Crippen molar-refractivity contribution >= 4 is 5.91 Å². The number of carbonyl (C=O) groups is 1. The fourth-order valence-corrected chi connectivity index (χ4v) is 1.78. The summed E-state index contributed by atoms with van der Waals surface area (Å²) in [5, 5.41) is 3.27. The Labute approximate surface area is 115 Å². The molecule has 1 aromatic carbocycles. The lowest BCUT2D eigenvalue weighted by molar-refractivity contribution is -0.127. The third-order valence-corrected chi connectivity index (χ3v) is 3.47. The predicted molar refractivity (Wildman–Crippen MR) is 77.6 cm³/mol. The average Bonchev–Trinajstić information content (AvgIpc) is 2.43. The van der Waals surface area contributed by atoms with Gasteiger partial charge in [-0.1, -0.05) is 19.1 Å². The molecule has 0 aliphatic heterocycles. The molecule has 0 fully saturated rings. The third-order valence-electron chi connectivity index (χ3n) is 3.47. The van der Waals surface area contributed by atoms with E-state index in [-0.39, 0.29) is 11.9 Å². The van der Waals surface area contributed by atoms with Gasteiger partial charge in [0, 0.05) is 20.1 Å². The van der Waals surface area contributed by atoms with Crippen LogP contribution >= 0.6 is 0 Å². The fourth-order valence-electron chi connectivity index (χ4n) is 1.78. The Hall–Kier alpha value is -1.55. The molecule has 0 unspecified atom stereocenters. The summed E-state index contributed by atoms with van der Waals surface area (Å²) in [6.07, 6.45) is 0. The van der Waals surface area contributed by atoms with Gasteiger partial charge in [0.2, 0.25) is 5.91 Å². The smallest absolute Gasteiger partial charge is 0.236 e. The number of amides is 1. The summed E-state index contributed by atoms with van der Waals surface area (Å²) in [6, 6.07) is 8.29. The molecule has 19 heavy (non-hydrogen) atoms. The standard InChI is InChI=1S/C15H24N2O2/c1-11(12(2)16-10-15(18)17(3)4)13-6-8-14(19-5)9-7-13/h6-9,11-12,16H,10H2,1-5H3/t11-,12+/m0/s1. The van der Waals surface area contributed by atoms with Gasteiger partial charge in [-0.15, -0.1) is 0 Å². The van der Waals surface area contributed by atoms with Crippen molar-refractivity contribution < 1.29 is 9.53 Å². The third kappa shape index (κ3) is 4.56. The molecule has 0 heterocycles. The first kappa shape index (κ1) is 15.5. The topological polar surface area (TPSA) is 41.6 Å². The molecule has 4 nitrogen and oxygen atoms in total. The largest absolute Gasteiger partial charge is 0.497 e. The Balaban J connectivity index is 2.55. The number of nitrogens with one attached hydrogen (secondary N) is 1. The number of nitrogens with zero attached hydrogens (tertiary/aromatic N) is 1. The van der Waals surface area contributed by atoms with E-state index in [0.29, 0.717) is 12.5 Å². The van der Waals surface area contributed by atoms with Gasteiger partial charge in [0.05, 0.1) is 13.7 Å². The lowest BCUT2D eigenvalue weighted by atomic mass is 9.94. The molecule has 0 aliphatic carbocycles. The van der Waals surface area contributed by atoms with E-state index in [1.165, 1.54) is 5.56 Å². The van der Waals surface area contributed by atoms with Crippen LogP contribution in [-0.4, -0.2) is 44.6 Å². The van der Waals surface area contributed by atoms with Crippen LogP contribution in [0.4, 0.5) is 0 Å². The molecule has 0 aromatic heterocycles. The van der Waals surface area contributed by atoms with Crippen molar-refractivity contribution in [2.75, 3.05) is 27.7 Å². The molecule has 0 saturated carbocycles. The first-order chi connectivity index (χ1) is 8.95. The van der Waals surface area contributed by atoms with E-state index in [1.54, 1.807) is 26.1 Å². The maximum atomic E-state index is 11.5. The molecule has 0 bridgehead atoms. The highest BCUT2D eigenvalue weighted by Gasteiger charge is 2.15. The van der Waals surface area contributed by atoms with Crippen LogP contribution < -0.4 is 10.1 Å². The Morgan fingerprint density at radius 3 is 2.32 bits per heavy atom. The van der Waals surface area contributed by atoms with Crippen LogP contribution in [0.25, 0.3) is 0 Å². The molecular formula is C15H24N2O2. The fraction of sp³-hybridized carbons (Fsp3) is 0.533. The van der Waals surface area contributed by atoms with E-state index < -0.39 is 0 Å². The van der Waals surface area contributed by atoms with Crippen molar-refractivity contribution in [3.8, 4) is 5.75 Å². The lowest BCUT2D eigenvalue weighted by Crippen LogP contribution is -2.39.